The number of nitrogens with zero attached hydrogens (tertiary/aromatic N) is 1. The smallest absolute Gasteiger partial charge is 0.257 e. The minimum Gasteiger partial charge on any atom is -0.392 e. The number of carbonyl (C=O) groups excluding carboxylic acids is 1. The molecule has 5 heteroatoms. The van der Waals surface area contributed by atoms with Crippen molar-refractivity contribution in [2.24, 2.45) is 0 Å². The van der Waals surface area contributed by atoms with Crippen LogP contribution in [0, 0.1) is 6.92 Å². The predicted molar refractivity (Wildman–Crippen MR) is 81.1 cm³/mol. The molecule has 3 N–H and O–H groups in total. The lowest BCUT2D eigenvalue weighted by atomic mass is 10.1. The van der Waals surface area contributed by atoms with E-state index < -0.39 is 0 Å². The van der Waals surface area contributed by atoms with Gasteiger partial charge in [0, 0.05) is 23.5 Å². The number of aliphatic hydroxyl groups excluding tert-OH is 1. The Morgan fingerprint density at radius 2 is 2.19 bits per heavy atom. The van der Waals surface area contributed by atoms with Gasteiger partial charge in [-0.3, -0.25) is 9.78 Å². The number of anilines is 1. The van der Waals surface area contributed by atoms with Gasteiger partial charge >= 0.3 is 0 Å². The van der Waals surface area contributed by atoms with E-state index in [0.717, 1.165) is 22.0 Å². The first kappa shape index (κ1) is 13.3. The van der Waals surface area contributed by atoms with Gasteiger partial charge in [-0.2, -0.15) is 0 Å². The summed E-state index contributed by atoms with van der Waals surface area (Å²) in [5.41, 5.74) is 3.78. The lowest BCUT2D eigenvalue weighted by molar-refractivity contribution is 0.102. The van der Waals surface area contributed by atoms with Crippen LogP contribution in [0.25, 0.3) is 10.9 Å². The number of rotatable bonds is 3. The molecule has 0 radical (unpaired) electrons. The van der Waals surface area contributed by atoms with Gasteiger partial charge in [0.15, 0.2) is 0 Å². The normalized spacial score (nSPS) is 10.8. The molecule has 0 bridgehead atoms. The number of amides is 1. The standard InChI is InChI=1S/C16H15N3O2/c1-10-2-3-12(6-11(10)9-20)19-16(21)14-7-17-8-15-13(14)4-5-18-15/h2-8,18,20H,9H2,1H3,(H,19,21). The summed E-state index contributed by atoms with van der Waals surface area (Å²) in [6.45, 7) is 1.87. The maximum absolute atomic E-state index is 12.4. The van der Waals surface area contributed by atoms with Crippen LogP contribution in [-0.2, 0) is 6.61 Å². The fourth-order valence-electron chi connectivity index (χ4n) is 2.28. The molecule has 0 unspecified atom stereocenters. The average Bonchev–Trinajstić information content (AvgIpc) is 2.97. The minimum atomic E-state index is -0.222. The molecule has 5 nitrogen and oxygen atoms in total. The van der Waals surface area contributed by atoms with Crippen molar-refractivity contribution in [2.45, 2.75) is 13.5 Å². The zero-order valence-corrected chi connectivity index (χ0v) is 11.6. The lowest BCUT2D eigenvalue weighted by Crippen LogP contribution is -2.13. The molecule has 2 heterocycles. The Bertz CT molecular complexity index is 808. The van der Waals surface area contributed by atoms with Crippen molar-refractivity contribution in [3.05, 3.63) is 59.5 Å². The SMILES string of the molecule is Cc1ccc(NC(=O)c2cncc3[nH]ccc23)cc1CO. The molecular formula is C16H15N3O2. The largest absolute Gasteiger partial charge is 0.392 e. The van der Waals surface area contributed by atoms with E-state index in [1.54, 1.807) is 24.7 Å². The van der Waals surface area contributed by atoms with Crippen LogP contribution in [0.15, 0.2) is 42.9 Å². The molecule has 106 valence electrons. The minimum absolute atomic E-state index is 0.0511. The highest BCUT2D eigenvalue weighted by atomic mass is 16.3. The van der Waals surface area contributed by atoms with Crippen LogP contribution in [0.5, 0.6) is 0 Å². The molecule has 0 aliphatic heterocycles. The van der Waals surface area contributed by atoms with E-state index in [1.165, 1.54) is 0 Å². The third-order valence-corrected chi connectivity index (χ3v) is 3.50. The summed E-state index contributed by atoms with van der Waals surface area (Å²) in [7, 11) is 0. The average molecular weight is 281 g/mol. The second-order valence-corrected chi connectivity index (χ2v) is 4.88. The van der Waals surface area contributed by atoms with Crippen molar-refractivity contribution in [2.75, 3.05) is 5.32 Å². The van der Waals surface area contributed by atoms with E-state index in [2.05, 4.69) is 15.3 Å². The molecule has 0 aliphatic carbocycles. The topological polar surface area (TPSA) is 78.0 Å². The molecule has 0 atom stereocenters. The number of nitrogens with one attached hydrogen (secondary N) is 2. The second kappa shape index (κ2) is 5.38. The van der Waals surface area contributed by atoms with Crippen molar-refractivity contribution in [3.8, 4) is 0 Å². The van der Waals surface area contributed by atoms with E-state index in [9.17, 15) is 9.90 Å². The number of aryl methyl sites for hydroxylation is 1. The molecule has 0 saturated carbocycles. The molecule has 21 heavy (non-hydrogen) atoms. The lowest BCUT2D eigenvalue weighted by Gasteiger charge is -2.09. The van der Waals surface area contributed by atoms with Crippen LogP contribution in [0.2, 0.25) is 0 Å². The maximum atomic E-state index is 12.4. The summed E-state index contributed by atoms with van der Waals surface area (Å²) in [6, 6.07) is 7.31. The Labute approximate surface area is 121 Å². The highest BCUT2D eigenvalue weighted by Crippen LogP contribution is 2.19. The monoisotopic (exact) mass is 281 g/mol. The highest BCUT2D eigenvalue weighted by Gasteiger charge is 2.12. The molecule has 0 fully saturated rings. The number of pyridine rings is 1. The summed E-state index contributed by atoms with van der Waals surface area (Å²) in [5.74, 6) is -0.222. The van der Waals surface area contributed by atoms with Crippen molar-refractivity contribution >= 4 is 22.5 Å². The van der Waals surface area contributed by atoms with E-state index in [1.807, 2.05) is 25.1 Å². The van der Waals surface area contributed by atoms with Gasteiger partial charge in [0.1, 0.15) is 0 Å². The molecule has 1 aromatic carbocycles. The number of benzene rings is 1. The van der Waals surface area contributed by atoms with Gasteiger partial charge in [-0.1, -0.05) is 6.07 Å². The molecule has 0 aliphatic rings. The Morgan fingerprint density at radius 3 is 3.00 bits per heavy atom. The molecule has 0 spiro atoms. The molecule has 1 amide bonds. The number of hydrogen-bond donors (Lipinski definition) is 3. The summed E-state index contributed by atoms with van der Waals surface area (Å²) >= 11 is 0. The van der Waals surface area contributed by atoms with Crippen LogP contribution in [0.3, 0.4) is 0 Å². The van der Waals surface area contributed by atoms with Crippen LogP contribution >= 0.6 is 0 Å². The van der Waals surface area contributed by atoms with Crippen molar-refractivity contribution in [3.63, 3.8) is 0 Å². The van der Waals surface area contributed by atoms with E-state index in [0.29, 0.717) is 11.3 Å². The Morgan fingerprint density at radius 1 is 1.33 bits per heavy atom. The van der Waals surface area contributed by atoms with Gasteiger partial charge in [-0.25, -0.2) is 0 Å². The van der Waals surface area contributed by atoms with Crippen LogP contribution < -0.4 is 5.32 Å². The number of aromatic nitrogens is 2. The van der Waals surface area contributed by atoms with E-state index >= 15 is 0 Å². The van der Waals surface area contributed by atoms with Gasteiger partial charge in [0.2, 0.25) is 0 Å². The van der Waals surface area contributed by atoms with E-state index in [4.69, 9.17) is 0 Å². The fraction of sp³-hybridized carbons (Fsp3) is 0.125. The van der Waals surface area contributed by atoms with E-state index in [-0.39, 0.29) is 12.5 Å². The number of aliphatic hydroxyl groups is 1. The summed E-state index contributed by atoms with van der Waals surface area (Å²) in [4.78, 5) is 19.5. The van der Waals surface area contributed by atoms with Gasteiger partial charge < -0.3 is 15.4 Å². The zero-order valence-electron chi connectivity index (χ0n) is 11.6. The van der Waals surface area contributed by atoms with Crippen LogP contribution in [0.4, 0.5) is 5.69 Å². The first-order valence-corrected chi connectivity index (χ1v) is 6.62. The van der Waals surface area contributed by atoms with Crippen LogP contribution in [-0.4, -0.2) is 21.0 Å². The Kier molecular flexibility index (Phi) is 3.41. The van der Waals surface area contributed by atoms with Gasteiger partial charge in [-0.15, -0.1) is 0 Å². The van der Waals surface area contributed by atoms with Crippen molar-refractivity contribution in [1.29, 1.82) is 0 Å². The number of hydrogen-bond acceptors (Lipinski definition) is 3. The first-order chi connectivity index (χ1) is 10.2. The quantitative estimate of drug-likeness (QED) is 0.690. The fourth-order valence-corrected chi connectivity index (χ4v) is 2.28. The maximum Gasteiger partial charge on any atom is 0.257 e. The summed E-state index contributed by atoms with van der Waals surface area (Å²) in [6.07, 6.45) is 5.01. The third-order valence-electron chi connectivity index (χ3n) is 3.50. The Hall–Kier alpha value is -2.66. The Balaban J connectivity index is 1.91. The van der Waals surface area contributed by atoms with Gasteiger partial charge in [0.05, 0.1) is 23.9 Å². The molecular weight excluding hydrogens is 266 g/mol. The number of carbonyl (C=O) groups is 1. The van der Waals surface area contributed by atoms with Crippen molar-refractivity contribution in [1.82, 2.24) is 9.97 Å². The van der Waals surface area contributed by atoms with Crippen molar-refractivity contribution < 1.29 is 9.90 Å². The molecule has 3 rings (SSSR count). The van der Waals surface area contributed by atoms with Crippen LogP contribution in [0.1, 0.15) is 21.5 Å². The van der Waals surface area contributed by atoms with Gasteiger partial charge in [-0.05, 0) is 36.2 Å². The summed E-state index contributed by atoms with van der Waals surface area (Å²) < 4.78 is 0. The second-order valence-electron chi connectivity index (χ2n) is 4.88. The first-order valence-electron chi connectivity index (χ1n) is 6.62. The van der Waals surface area contributed by atoms with Gasteiger partial charge in [0.25, 0.3) is 5.91 Å². The molecule has 3 aromatic rings. The number of aromatic amines is 1. The highest BCUT2D eigenvalue weighted by molar-refractivity contribution is 6.12. The number of H-pyrrole nitrogens is 1. The third kappa shape index (κ3) is 2.51. The number of fused-ring (bicyclic) bond motifs is 1. The zero-order chi connectivity index (χ0) is 14.8. The predicted octanol–water partition coefficient (Wildman–Crippen LogP) is 2.62. The molecule has 2 aromatic heterocycles. The summed E-state index contributed by atoms with van der Waals surface area (Å²) in [5, 5.41) is 12.9. The molecule has 0 saturated heterocycles.